The van der Waals surface area contributed by atoms with E-state index < -0.39 is 0 Å². The first-order valence-corrected chi connectivity index (χ1v) is 6.33. The molecule has 1 heterocycles. The van der Waals surface area contributed by atoms with Crippen LogP contribution >= 0.6 is 11.3 Å². The summed E-state index contributed by atoms with van der Waals surface area (Å²) in [5.41, 5.74) is 1.35. The van der Waals surface area contributed by atoms with E-state index in [4.69, 9.17) is 0 Å². The normalized spacial score (nSPS) is 20.6. The third kappa shape index (κ3) is 2.08. The number of fused-ring (bicyclic) bond motifs is 1. The number of aryl methyl sites for hydroxylation is 1. The molecule has 2 rings (SSSR count). The van der Waals surface area contributed by atoms with E-state index in [0.717, 1.165) is 17.6 Å². The summed E-state index contributed by atoms with van der Waals surface area (Å²) >= 11 is 1.86. The van der Waals surface area contributed by atoms with Crippen LogP contribution in [0.15, 0.2) is 0 Å². The van der Waals surface area contributed by atoms with Crippen LogP contribution in [-0.2, 0) is 12.8 Å². The zero-order chi connectivity index (χ0) is 9.97. The van der Waals surface area contributed by atoms with E-state index in [2.05, 4.69) is 24.1 Å². The Hall–Kier alpha value is -0.570. The fraction of sp³-hybridized carbons (Fsp3) is 0.727. The molecule has 0 saturated carbocycles. The number of hydrogen-bond donors (Lipinski definition) is 1. The zero-order valence-electron chi connectivity index (χ0n) is 8.97. The second-order valence-electron chi connectivity index (χ2n) is 4.16. The highest BCUT2D eigenvalue weighted by Crippen LogP contribution is 2.31. The van der Waals surface area contributed by atoms with Gasteiger partial charge in [-0.05, 0) is 31.6 Å². The number of nitrogens with one attached hydrogen (secondary N) is 1. The van der Waals surface area contributed by atoms with Gasteiger partial charge >= 0.3 is 0 Å². The molecule has 3 heteroatoms. The molecule has 1 aromatic rings. The molecule has 1 atom stereocenters. The third-order valence-corrected chi connectivity index (χ3v) is 3.79. The Balaban J connectivity index is 2.07. The summed E-state index contributed by atoms with van der Waals surface area (Å²) < 4.78 is 0. The van der Waals surface area contributed by atoms with Crippen LogP contribution in [-0.4, -0.2) is 11.5 Å². The van der Waals surface area contributed by atoms with E-state index in [1.807, 2.05) is 11.3 Å². The fourth-order valence-electron chi connectivity index (χ4n) is 1.85. The van der Waals surface area contributed by atoms with Crippen molar-refractivity contribution in [2.45, 2.75) is 39.5 Å². The Labute approximate surface area is 89.8 Å². The van der Waals surface area contributed by atoms with Gasteiger partial charge in [-0.2, -0.15) is 0 Å². The molecule has 0 bridgehead atoms. The van der Waals surface area contributed by atoms with Gasteiger partial charge in [-0.3, -0.25) is 0 Å². The van der Waals surface area contributed by atoms with Crippen LogP contribution in [0, 0.1) is 5.92 Å². The van der Waals surface area contributed by atoms with Crippen LogP contribution in [0.1, 0.15) is 37.3 Å². The van der Waals surface area contributed by atoms with Crippen molar-refractivity contribution >= 4 is 16.5 Å². The van der Waals surface area contributed by atoms with Gasteiger partial charge in [-0.15, -0.1) is 11.3 Å². The van der Waals surface area contributed by atoms with Crippen LogP contribution < -0.4 is 5.32 Å². The van der Waals surface area contributed by atoms with E-state index >= 15 is 0 Å². The second-order valence-corrected chi connectivity index (χ2v) is 5.25. The lowest BCUT2D eigenvalue weighted by Crippen LogP contribution is -2.09. The van der Waals surface area contributed by atoms with E-state index in [9.17, 15) is 0 Å². The third-order valence-electron chi connectivity index (χ3n) is 2.71. The molecule has 14 heavy (non-hydrogen) atoms. The average Bonchev–Trinajstić information content (AvgIpc) is 2.56. The molecule has 2 nitrogen and oxygen atoms in total. The Morgan fingerprint density at radius 3 is 3.21 bits per heavy atom. The van der Waals surface area contributed by atoms with Gasteiger partial charge in [0.15, 0.2) is 5.13 Å². The van der Waals surface area contributed by atoms with Crippen molar-refractivity contribution in [2.75, 3.05) is 11.9 Å². The van der Waals surface area contributed by atoms with Gasteiger partial charge in [0.05, 0.1) is 5.69 Å². The number of rotatable bonds is 3. The van der Waals surface area contributed by atoms with Crippen LogP contribution in [0.5, 0.6) is 0 Å². The minimum absolute atomic E-state index is 0.849. The van der Waals surface area contributed by atoms with E-state index in [1.165, 1.54) is 36.3 Å². The van der Waals surface area contributed by atoms with Gasteiger partial charge in [0.25, 0.3) is 0 Å². The Kier molecular flexibility index (Phi) is 3.06. The predicted octanol–water partition coefficient (Wildman–Crippen LogP) is 3.09. The van der Waals surface area contributed by atoms with E-state index in [0.29, 0.717) is 0 Å². The summed E-state index contributed by atoms with van der Waals surface area (Å²) in [6.07, 6.45) is 4.90. The first-order chi connectivity index (χ1) is 6.79. The number of aromatic nitrogens is 1. The molecule has 0 amide bonds. The van der Waals surface area contributed by atoms with E-state index in [1.54, 1.807) is 0 Å². The van der Waals surface area contributed by atoms with Crippen LogP contribution in [0.3, 0.4) is 0 Å². The number of nitrogens with zero attached hydrogens (tertiary/aromatic N) is 1. The van der Waals surface area contributed by atoms with Crippen molar-refractivity contribution in [1.82, 2.24) is 4.98 Å². The first-order valence-electron chi connectivity index (χ1n) is 5.52. The summed E-state index contributed by atoms with van der Waals surface area (Å²) in [7, 11) is 0. The Morgan fingerprint density at radius 2 is 2.43 bits per heavy atom. The first kappa shape index (κ1) is 9.97. The predicted molar refractivity (Wildman–Crippen MR) is 62.1 cm³/mol. The molecule has 1 unspecified atom stereocenters. The summed E-state index contributed by atoms with van der Waals surface area (Å²) in [5, 5.41) is 4.50. The molecule has 0 saturated heterocycles. The lowest BCUT2D eigenvalue weighted by molar-refractivity contribution is 0.502. The number of hydrogen-bond acceptors (Lipinski definition) is 3. The van der Waals surface area contributed by atoms with Crippen molar-refractivity contribution in [2.24, 2.45) is 5.92 Å². The fourth-order valence-corrected chi connectivity index (χ4v) is 3.04. The van der Waals surface area contributed by atoms with Gasteiger partial charge in [-0.1, -0.05) is 13.8 Å². The smallest absolute Gasteiger partial charge is 0.183 e. The van der Waals surface area contributed by atoms with Gasteiger partial charge in [0.2, 0.25) is 0 Å². The molecule has 1 aliphatic rings. The maximum absolute atomic E-state index is 4.63. The molecule has 0 spiro atoms. The summed E-state index contributed by atoms with van der Waals surface area (Å²) in [6, 6.07) is 0. The lowest BCUT2D eigenvalue weighted by atomic mass is 9.93. The monoisotopic (exact) mass is 210 g/mol. The molecule has 0 radical (unpaired) electrons. The zero-order valence-corrected chi connectivity index (χ0v) is 9.78. The molecular weight excluding hydrogens is 192 g/mol. The standard InChI is InChI=1S/C11H18N2S/c1-3-6-12-11-13-9-5-4-8(2)7-10(9)14-11/h8H,3-7H2,1-2H3,(H,12,13). The summed E-state index contributed by atoms with van der Waals surface area (Å²) in [5.74, 6) is 0.849. The average molecular weight is 210 g/mol. The highest BCUT2D eigenvalue weighted by atomic mass is 32.1. The highest BCUT2D eigenvalue weighted by Gasteiger charge is 2.19. The maximum atomic E-state index is 4.63. The molecule has 0 aliphatic heterocycles. The molecule has 1 N–H and O–H groups in total. The highest BCUT2D eigenvalue weighted by molar-refractivity contribution is 7.15. The van der Waals surface area contributed by atoms with E-state index in [-0.39, 0.29) is 0 Å². The van der Waals surface area contributed by atoms with Gasteiger partial charge in [0.1, 0.15) is 0 Å². The van der Waals surface area contributed by atoms with Crippen LogP contribution in [0.25, 0.3) is 0 Å². The van der Waals surface area contributed by atoms with Crippen molar-refractivity contribution in [3.63, 3.8) is 0 Å². The Morgan fingerprint density at radius 1 is 1.57 bits per heavy atom. The van der Waals surface area contributed by atoms with Crippen molar-refractivity contribution < 1.29 is 0 Å². The van der Waals surface area contributed by atoms with Crippen molar-refractivity contribution in [3.05, 3.63) is 10.6 Å². The summed E-state index contributed by atoms with van der Waals surface area (Å²) in [6.45, 7) is 5.56. The molecule has 1 aromatic heterocycles. The Bertz CT molecular complexity index is 306. The topological polar surface area (TPSA) is 24.9 Å². The number of thiazole rings is 1. The van der Waals surface area contributed by atoms with Gasteiger partial charge in [0, 0.05) is 11.4 Å². The van der Waals surface area contributed by atoms with Crippen LogP contribution in [0.2, 0.25) is 0 Å². The largest absolute Gasteiger partial charge is 0.362 e. The lowest BCUT2D eigenvalue weighted by Gasteiger charge is -2.15. The van der Waals surface area contributed by atoms with Gasteiger partial charge in [-0.25, -0.2) is 4.98 Å². The molecule has 78 valence electrons. The second kappa shape index (κ2) is 4.30. The molecule has 0 fully saturated rings. The van der Waals surface area contributed by atoms with Crippen molar-refractivity contribution in [1.29, 1.82) is 0 Å². The quantitative estimate of drug-likeness (QED) is 0.829. The minimum atomic E-state index is 0.849. The van der Waals surface area contributed by atoms with Crippen molar-refractivity contribution in [3.8, 4) is 0 Å². The minimum Gasteiger partial charge on any atom is -0.362 e. The molecular formula is C11H18N2S. The molecule has 0 aromatic carbocycles. The molecule has 1 aliphatic carbocycles. The van der Waals surface area contributed by atoms with Crippen LogP contribution in [0.4, 0.5) is 5.13 Å². The summed E-state index contributed by atoms with van der Waals surface area (Å²) in [4.78, 5) is 6.15. The van der Waals surface area contributed by atoms with Gasteiger partial charge < -0.3 is 5.32 Å². The maximum Gasteiger partial charge on any atom is 0.183 e. The number of anilines is 1. The SMILES string of the molecule is CCCNc1nc2c(s1)CC(C)CC2.